The zero-order valence-electron chi connectivity index (χ0n) is 19.5. The summed E-state index contributed by atoms with van der Waals surface area (Å²) in [6.45, 7) is 3.87. The third kappa shape index (κ3) is 5.23. The average Bonchev–Trinajstić information content (AvgIpc) is 3.28. The second-order valence-corrected chi connectivity index (χ2v) is 8.99. The number of carbonyl (C=O) groups is 1. The Kier molecular flexibility index (Phi) is 7.18. The van der Waals surface area contributed by atoms with Crippen molar-refractivity contribution in [2.24, 2.45) is 0 Å². The summed E-state index contributed by atoms with van der Waals surface area (Å²) >= 11 is 1.35. The first kappa shape index (κ1) is 23.4. The number of thioether (sulfide) groups is 1. The number of rotatable bonds is 8. The Morgan fingerprint density at radius 1 is 0.882 bits per heavy atom. The van der Waals surface area contributed by atoms with Crippen LogP contribution in [-0.2, 0) is 4.79 Å². The van der Waals surface area contributed by atoms with E-state index in [1.807, 2.05) is 91.2 Å². The lowest BCUT2D eigenvalue weighted by Gasteiger charge is -2.14. The molecule has 0 fully saturated rings. The second-order valence-electron chi connectivity index (χ2n) is 7.68. The van der Waals surface area contributed by atoms with Gasteiger partial charge < -0.3 is 14.8 Å². The molecule has 0 aliphatic rings. The van der Waals surface area contributed by atoms with Crippen LogP contribution in [0.5, 0.6) is 11.5 Å². The molecule has 0 radical (unpaired) electrons. The summed E-state index contributed by atoms with van der Waals surface area (Å²) < 4.78 is 12.5. The molecule has 4 rings (SSSR count). The van der Waals surface area contributed by atoms with E-state index >= 15 is 0 Å². The van der Waals surface area contributed by atoms with Gasteiger partial charge in [-0.05, 0) is 74.5 Å². The van der Waals surface area contributed by atoms with E-state index < -0.39 is 5.25 Å². The Labute approximate surface area is 203 Å². The van der Waals surface area contributed by atoms with Crippen LogP contribution in [0.25, 0.3) is 17.1 Å². The molecule has 174 valence electrons. The molecule has 4 aromatic rings. The number of hydrogen-bond donors (Lipinski definition) is 1. The number of nitrogens with zero attached hydrogens (tertiary/aromatic N) is 3. The van der Waals surface area contributed by atoms with Gasteiger partial charge in [0, 0.05) is 16.9 Å². The van der Waals surface area contributed by atoms with Crippen LogP contribution in [0.4, 0.5) is 5.69 Å². The molecule has 0 saturated heterocycles. The molecular formula is C26H26N4O3S. The summed E-state index contributed by atoms with van der Waals surface area (Å²) in [4.78, 5) is 12.9. The molecule has 1 amide bonds. The average molecular weight is 475 g/mol. The van der Waals surface area contributed by atoms with Crippen molar-refractivity contribution in [3.8, 4) is 28.6 Å². The smallest absolute Gasteiger partial charge is 0.237 e. The molecule has 34 heavy (non-hydrogen) atoms. The molecule has 3 aromatic carbocycles. The van der Waals surface area contributed by atoms with Crippen molar-refractivity contribution in [3.63, 3.8) is 0 Å². The molecule has 1 aromatic heterocycles. The van der Waals surface area contributed by atoms with Crippen LogP contribution in [-0.4, -0.2) is 40.1 Å². The molecule has 1 atom stereocenters. The Balaban J connectivity index is 1.64. The van der Waals surface area contributed by atoms with E-state index in [4.69, 9.17) is 9.47 Å². The number of nitrogens with one attached hydrogen (secondary N) is 1. The van der Waals surface area contributed by atoms with Crippen LogP contribution < -0.4 is 14.8 Å². The van der Waals surface area contributed by atoms with Gasteiger partial charge in [-0.15, -0.1) is 10.2 Å². The number of carbonyl (C=O) groups excluding carboxylic acids is 1. The van der Waals surface area contributed by atoms with Gasteiger partial charge in [0.05, 0.1) is 19.5 Å². The number of aromatic nitrogens is 3. The highest BCUT2D eigenvalue weighted by Gasteiger charge is 2.22. The maximum absolute atomic E-state index is 12.9. The van der Waals surface area contributed by atoms with E-state index in [0.29, 0.717) is 11.0 Å². The molecule has 0 saturated carbocycles. The minimum absolute atomic E-state index is 0.107. The quantitative estimate of drug-likeness (QED) is 0.346. The van der Waals surface area contributed by atoms with Crippen molar-refractivity contribution >= 4 is 23.4 Å². The van der Waals surface area contributed by atoms with Gasteiger partial charge in [-0.1, -0.05) is 29.5 Å². The molecule has 8 heteroatoms. The third-order valence-corrected chi connectivity index (χ3v) is 6.33. The summed E-state index contributed by atoms with van der Waals surface area (Å²) in [6, 6.07) is 23.0. The highest BCUT2D eigenvalue weighted by Crippen LogP contribution is 2.32. The molecule has 0 aliphatic carbocycles. The number of aryl methyl sites for hydroxylation is 1. The second kappa shape index (κ2) is 10.4. The zero-order valence-corrected chi connectivity index (χ0v) is 20.3. The van der Waals surface area contributed by atoms with Gasteiger partial charge in [0.25, 0.3) is 0 Å². The normalized spacial score (nSPS) is 11.6. The van der Waals surface area contributed by atoms with E-state index in [1.54, 1.807) is 14.2 Å². The van der Waals surface area contributed by atoms with Crippen LogP contribution in [0.3, 0.4) is 0 Å². The monoisotopic (exact) mass is 474 g/mol. The molecule has 7 nitrogen and oxygen atoms in total. The predicted molar refractivity (Wildman–Crippen MR) is 135 cm³/mol. The summed E-state index contributed by atoms with van der Waals surface area (Å²) in [7, 11) is 3.26. The Hall–Kier alpha value is -3.78. The SMILES string of the molecule is COc1ccc(-c2nnc(SC(C)C(=O)Nc3ccc(C)cc3)n2-c2ccc(OC)cc2)cc1. The van der Waals surface area contributed by atoms with Crippen molar-refractivity contribution in [2.45, 2.75) is 24.3 Å². The van der Waals surface area contributed by atoms with Crippen LogP contribution >= 0.6 is 11.8 Å². The van der Waals surface area contributed by atoms with Crippen molar-refractivity contribution in [3.05, 3.63) is 78.4 Å². The van der Waals surface area contributed by atoms with Gasteiger partial charge in [0.2, 0.25) is 5.91 Å². The van der Waals surface area contributed by atoms with E-state index in [0.717, 1.165) is 34.0 Å². The predicted octanol–water partition coefficient (Wildman–Crippen LogP) is 5.38. The zero-order chi connectivity index (χ0) is 24.1. The fourth-order valence-electron chi connectivity index (χ4n) is 3.33. The topological polar surface area (TPSA) is 78.3 Å². The van der Waals surface area contributed by atoms with Gasteiger partial charge in [-0.25, -0.2) is 0 Å². The maximum Gasteiger partial charge on any atom is 0.237 e. The summed E-state index contributed by atoms with van der Waals surface area (Å²) in [5.74, 6) is 2.07. The number of amides is 1. The van der Waals surface area contributed by atoms with E-state index in [2.05, 4.69) is 15.5 Å². The first-order valence-electron chi connectivity index (χ1n) is 10.8. The fourth-order valence-corrected chi connectivity index (χ4v) is 4.20. The van der Waals surface area contributed by atoms with Crippen LogP contribution in [0, 0.1) is 6.92 Å². The lowest BCUT2D eigenvalue weighted by atomic mass is 10.2. The van der Waals surface area contributed by atoms with Crippen LogP contribution in [0.15, 0.2) is 78.0 Å². The van der Waals surface area contributed by atoms with E-state index in [1.165, 1.54) is 11.8 Å². The molecule has 1 N–H and O–H groups in total. The molecular weight excluding hydrogens is 448 g/mol. The molecule has 1 heterocycles. The fraction of sp³-hybridized carbons (Fsp3) is 0.192. The third-order valence-electron chi connectivity index (χ3n) is 5.28. The minimum atomic E-state index is -0.397. The first-order chi connectivity index (χ1) is 16.5. The summed E-state index contributed by atoms with van der Waals surface area (Å²) in [5.41, 5.74) is 3.65. The molecule has 0 bridgehead atoms. The molecule has 0 spiro atoms. The number of anilines is 1. The maximum atomic E-state index is 12.9. The Bertz CT molecular complexity index is 1250. The van der Waals surface area contributed by atoms with E-state index in [-0.39, 0.29) is 5.91 Å². The lowest BCUT2D eigenvalue weighted by molar-refractivity contribution is -0.115. The Morgan fingerprint density at radius 3 is 2.06 bits per heavy atom. The first-order valence-corrected chi connectivity index (χ1v) is 11.6. The summed E-state index contributed by atoms with van der Waals surface area (Å²) in [6.07, 6.45) is 0. The highest BCUT2D eigenvalue weighted by atomic mass is 32.2. The summed E-state index contributed by atoms with van der Waals surface area (Å²) in [5, 5.41) is 12.1. The van der Waals surface area contributed by atoms with Crippen molar-refractivity contribution < 1.29 is 14.3 Å². The number of methoxy groups -OCH3 is 2. The number of benzene rings is 3. The van der Waals surface area contributed by atoms with Crippen molar-refractivity contribution in [1.82, 2.24) is 14.8 Å². The largest absolute Gasteiger partial charge is 0.497 e. The van der Waals surface area contributed by atoms with Gasteiger partial charge in [0.15, 0.2) is 11.0 Å². The van der Waals surface area contributed by atoms with E-state index in [9.17, 15) is 4.79 Å². The highest BCUT2D eigenvalue weighted by molar-refractivity contribution is 8.00. The lowest BCUT2D eigenvalue weighted by Crippen LogP contribution is -2.22. The number of hydrogen-bond acceptors (Lipinski definition) is 6. The van der Waals surface area contributed by atoms with Gasteiger partial charge >= 0.3 is 0 Å². The number of ether oxygens (including phenoxy) is 2. The van der Waals surface area contributed by atoms with Gasteiger partial charge in [-0.3, -0.25) is 9.36 Å². The van der Waals surface area contributed by atoms with Gasteiger partial charge in [-0.2, -0.15) is 0 Å². The minimum Gasteiger partial charge on any atom is -0.497 e. The van der Waals surface area contributed by atoms with Crippen LogP contribution in [0.2, 0.25) is 0 Å². The molecule has 1 unspecified atom stereocenters. The van der Waals surface area contributed by atoms with Crippen LogP contribution in [0.1, 0.15) is 12.5 Å². The Morgan fingerprint density at radius 2 is 1.47 bits per heavy atom. The van der Waals surface area contributed by atoms with Crippen molar-refractivity contribution in [2.75, 3.05) is 19.5 Å². The van der Waals surface area contributed by atoms with Gasteiger partial charge in [0.1, 0.15) is 11.5 Å². The molecule has 0 aliphatic heterocycles. The van der Waals surface area contributed by atoms with Crippen molar-refractivity contribution in [1.29, 1.82) is 0 Å². The standard InChI is InChI=1S/C26H26N4O3S/c1-17-5-9-20(10-6-17)27-25(31)18(2)34-26-29-28-24(19-7-13-22(32-3)14-8-19)30(26)21-11-15-23(33-4)16-12-21/h5-16,18H,1-4H3,(H,27,31).